The van der Waals surface area contributed by atoms with Gasteiger partial charge in [-0.3, -0.25) is 14.3 Å². The summed E-state index contributed by atoms with van der Waals surface area (Å²) in [5, 5.41) is 6.77. The Morgan fingerprint density at radius 1 is 1.22 bits per heavy atom. The van der Waals surface area contributed by atoms with Gasteiger partial charge in [0.2, 0.25) is 5.91 Å². The topological polar surface area (TPSA) is 80.1 Å². The van der Waals surface area contributed by atoms with Crippen LogP contribution in [0, 0.1) is 0 Å². The first-order chi connectivity index (χ1) is 11.2. The summed E-state index contributed by atoms with van der Waals surface area (Å²) in [4.78, 5) is 30.0. The molecule has 0 atom stereocenters. The van der Waals surface area contributed by atoms with Crippen molar-refractivity contribution in [3.63, 3.8) is 0 Å². The van der Waals surface area contributed by atoms with Crippen LogP contribution in [0.15, 0.2) is 36.9 Å². The van der Waals surface area contributed by atoms with E-state index in [1.165, 1.54) is 6.33 Å². The normalized spacial score (nSPS) is 14.0. The molecule has 0 saturated carbocycles. The van der Waals surface area contributed by atoms with Crippen LogP contribution in [0.4, 0.5) is 5.69 Å². The molecule has 0 aliphatic carbocycles. The van der Waals surface area contributed by atoms with Crippen LogP contribution < -0.4 is 5.32 Å². The highest BCUT2D eigenvalue weighted by Crippen LogP contribution is 2.16. The van der Waals surface area contributed by atoms with Crippen LogP contribution in [0.2, 0.25) is 0 Å². The van der Waals surface area contributed by atoms with Gasteiger partial charge in [-0.05, 0) is 31.0 Å². The molecule has 1 N–H and O–H groups in total. The van der Waals surface area contributed by atoms with Gasteiger partial charge in [0.25, 0.3) is 5.91 Å². The second kappa shape index (κ2) is 7.04. The first kappa shape index (κ1) is 15.2. The average Bonchev–Trinajstić information content (AvgIpc) is 3.26. The van der Waals surface area contributed by atoms with Gasteiger partial charge in [-0.25, -0.2) is 4.98 Å². The quantitative estimate of drug-likeness (QED) is 0.908. The number of anilines is 1. The number of carbonyl (C=O) groups is 2. The maximum absolute atomic E-state index is 12.4. The second-order valence-corrected chi connectivity index (χ2v) is 5.54. The Labute approximate surface area is 134 Å². The summed E-state index contributed by atoms with van der Waals surface area (Å²) in [6.45, 7) is 2.10. The van der Waals surface area contributed by atoms with Crippen molar-refractivity contribution in [3.05, 3.63) is 42.5 Å². The summed E-state index contributed by atoms with van der Waals surface area (Å²) in [6, 6.07) is 7.09. The van der Waals surface area contributed by atoms with Gasteiger partial charge in [0.1, 0.15) is 12.7 Å². The maximum Gasteiger partial charge on any atom is 0.253 e. The van der Waals surface area contributed by atoms with Crippen LogP contribution in [-0.4, -0.2) is 44.6 Å². The monoisotopic (exact) mass is 313 g/mol. The fourth-order valence-corrected chi connectivity index (χ4v) is 2.62. The summed E-state index contributed by atoms with van der Waals surface area (Å²) in [5.41, 5.74) is 1.25. The molecule has 2 amide bonds. The van der Waals surface area contributed by atoms with Crippen LogP contribution >= 0.6 is 0 Å². The van der Waals surface area contributed by atoms with E-state index < -0.39 is 0 Å². The summed E-state index contributed by atoms with van der Waals surface area (Å²) in [7, 11) is 0. The minimum absolute atomic E-state index is 0.0289. The Kier molecular flexibility index (Phi) is 4.65. The van der Waals surface area contributed by atoms with Crippen LogP contribution in [0.3, 0.4) is 0 Å². The molecular weight excluding hydrogens is 294 g/mol. The number of nitrogens with zero attached hydrogens (tertiary/aromatic N) is 4. The van der Waals surface area contributed by atoms with Crippen molar-refractivity contribution in [3.8, 4) is 0 Å². The van der Waals surface area contributed by atoms with Gasteiger partial charge in [-0.15, -0.1) is 0 Å². The fourth-order valence-electron chi connectivity index (χ4n) is 2.62. The van der Waals surface area contributed by atoms with E-state index in [1.807, 2.05) is 4.90 Å². The molecule has 0 unspecified atom stereocenters. The van der Waals surface area contributed by atoms with E-state index in [9.17, 15) is 9.59 Å². The van der Waals surface area contributed by atoms with Gasteiger partial charge in [0.15, 0.2) is 0 Å². The van der Waals surface area contributed by atoms with Crippen LogP contribution in [-0.2, 0) is 11.3 Å². The van der Waals surface area contributed by atoms with E-state index in [-0.39, 0.29) is 11.8 Å². The third-order valence-electron chi connectivity index (χ3n) is 3.82. The number of nitrogens with one attached hydrogen (secondary N) is 1. The molecule has 1 aromatic heterocycles. The van der Waals surface area contributed by atoms with Crippen molar-refractivity contribution >= 4 is 17.5 Å². The minimum Gasteiger partial charge on any atom is -0.339 e. The molecule has 2 aromatic rings. The van der Waals surface area contributed by atoms with Crippen molar-refractivity contribution in [2.24, 2.45) is 0 Å². The molecule has 3 rings (SSSR count). The predicted octanol–water partition coefficient (Wildman–Crippen LogP) is 1.54. The number of aromatic nitrogens is 3. The zero-order chi connectivity index (χ0) is 16.1. The van der Waals surface area contributed by atoms with Gasteiger partial charge < -0.3 is 10.2 Å². The standard InChI is InChI=1S/C16H19N5O2/c22-15(6-9-21-12-17-11-18-21)19-14-5-3-4-13(10-14)16(23)20-7-1-2-8-20/h3-5,10-12H,1-2,6-9H2,(H,19,22). The van der Waals surface area contributed by atoms with Crippen molar-refractivity contribution in [1.82, 2.24) is 19.7 Å². The summed E-state index contributed by atoms with van der Waals surface area (Å²) >= 11 is 0. The lowest BCUT2D eigenvalue weighted by Crippen LogP contribution is -2.27. The van der Waals surface area contributed by atoms with Crippen LogP contribution in [0.5, 0.6) is 0 Å². The van der Waals surface area contributed by atoms with Crippen molar-refractivity contribution in [2.45, 2.75) is 25.8 Å². The van der Waals surface area contributed by atoms with Crippen molar-refractivity contribution < 1.29 is 9.59 Å². The molecule has 1 aromatic carbocycles. The molecule has 1 saturated heterocycles. The number of hydrogen-bond acceptors (Lipinski definition) is 4. The number of hydrogen-bond donors (Lipinski definition) is 1. The highest BCUT2D eigenvalue weighted by atomic mass is 16.2. The van der Waals surface area contributed by atoms with Crippen LogP contribution in [0.25, 0.3) is 0 Å². The Morgan fingerprint density at radius 3 is 2.78 bits per heavy atom. The number of benzene rings is 1. The Morgan fingerprint density at radius 2 is 2.04 bits per heavy atom. The molecule has 7 heteroatoms. The molecule has 1 aliphatic heterocycles. The first-order valence-corrected chi connectivity index (χ1v) is 7.74. The van der Waals surface area contributed by atoms with E-state index in [4.69, 9.17) is 0 Å². The summed E-state index contributed by atoms with van der Waals surface area (Å²) in [5.74, 6) is -0.0903. The Balaban J connectivity index is 1.58. The van der Waals surface area contributed by atoms with Gasteiger partial charge in [-0.1, -0.05) is 6.07 Å². The molecular formula is C16H19N5O2. The van der Waals surface area contributed by atoms with E-state index in [0.717, 1.165) is 25.9 Å². The number of likely N-dealkylation sites (tertiary alicyclic amines) is 1. The molecule has 1 aliphatic rings. The molecule has 2 heterocycles. The molecule has 120 valence electrons. The Hall–Kier alpha value is -2.70. The first-order valence-electron chi connectivity index (χ1n) is 7.74. The van der Waals surface area contributed by atoms with Crippen molar-refractivity contribution in [2.75, 3.05) is 18.4 Å². The third kappa shape index (κ3) is 3.94. The number of rotatable bonds is 5. The van der Waals surface area contributed by atoms with E-state index in [1.54, 1.807) is 35.3 Å². The van der Waals surface area contributed by atoms with Crippen LogP contribution in [0.1, 0.15) is 29.6 Å². The minimum atomic E-state index is -0.119. The van der Waals surface area contributed by atoms with Gasteiger partial charge >= 0.3 is 0 Å². The zero-order valence-corrected chi connectivity index (χ0v) is 12.8. The molecule has 23 heavy (non-hydrogen) atoms. The molecule has 0 radical (unpaired) electrons. The molecule has 7 nitrogen and oxygen atoms in total. The van der Waals surface area contributed by atoms with E-state index in [2.05, 4.69) is 15.4 Å². The smallest absolute Gasteiger partial charge is 0.253 e. The highest BCUT2D eigenvalue weighted by Gasteiger charge is 2.19. The lowest BCUT2D eigenvalue weighted by molar-refractivity contribution is -0.116. The third-order valence-corrected chi connectivity index (χ3v) is 3.82. The highest BCUT2D eigenvalue weighted by molar-refractivity contribution is 5.97. The SMILES string of the molecule is O=C(CCn1cncn1)Nc1cccc(C(=O)N2CCCC2)c1. The fraction of sp³-hybridized carbons (Fsp3) is 0.375. The average molecular weight is 313 g/mol. The number of amides is 2. The number of carbonyl (C=O) groups excluding carboxylic acids is 2. The van der Waals surface area contributed by atoms with Gasteiger partial charge in [0.05, 0.1) is 6.54 Å². The molecule has 0 bridgehead atoms. The largest absolute Gasteiger partial charge is 0.339 e. The molecule has 0 spiro atoms. The van der Waals surface area contributed by atoms with E-state index in [0.29, 0.717) is 24.2 Å². The summed E-state index contributed by atoms with van der Waals surface area (Å²) < 4.78 is 1.60. The second-order valence-electron chi connectivity index (χ2n) is 5.54. The summed E-state index contributed by atoms with van der Waals surface area (Å²) in [6.07, 6.45) is 5.43. The molecule has 1 fully saturated rings. The predicted molar refractivity (Wildman–Crippen MR) is 84.8 cm³/mol. The van der Waals surface area contributed by atoms with Gasteiger partial charge in [-0.2, -0.15) is 5.10 Å². The van der Waals surface area contributed by atoms with Crippen molar-refractivity contribution in [1.29, 1.82) is 0 Å². The number of aryl methyl sites for hydroxylation is 1. The van der Waals surface area contributed by atoms with E-state index >= 15 is 0 Å². The maximum atomic E-state index is 12.4. The van der Waals surface area contributed by atoms with Gasteiger partial charge in [0, 0.05) is 30.8 Å². The lowest BCUT2D eigenvalue weighted by Gasteiger charge is -2.15. The lowest BCUT2D eigenvalue weighted by atomic mass is 10.1. The zero-order valence-electron chi connectivity index (χ0n) is 12.8. The Bertz CT molecular complexity index is 678.